The Morgan fingerprint density at radius 1 is 1.56 bits per heavy atom. The van der Waals surface area contributed by atoms with Crippen molar-refractivity contribution in [2.75, 3.05) is 32.3 Å². The summed E-state index contributed by atoms with van der Waals surface area (Å²) in [6.07, 6.45) is 4.81. The maximum absolute atomic E-state index is 11.9. The highest BCUT2D eigenvalue weighted by Gasteiger charge is 2.45. The number of nitrogens with two attached hydrogens (primary N) is 1. The van der Waals surface area contributed by atoms with E-state index in [1.54, 1.807) is 4.57 Å². The number of anilines is 1. The number of aromatic amines is 1. The van der Waals surface area contributed by atoms with Crippen molar-refractivity contribution >= 4 is 30.3 Å². The molecule has 0 saturated carbocycles. The summed E-state index contributed by atoms with van der Waals surface area (Å²) in [6, 6.07) is 0. The minimum Gasteiger partial charge on any atom is -0.388 e. The standard InChI is InChI=1S/C15H24N5O4P/c1-23-11-10(21)8(5-6-25(2,3)4)24-14(11)20-7-17-9-12(20)18-15(16)19-13(9)22/h7-8,10-11,14,21H,2,5-6H2,1,3-4H3,(H3,16,18,19,22)/t8-,10-,11-,14-/m1/s1. The topological polar surface area (TPSA) is 128 Å². The van der Waals surface area contributed by atoms with E-state index >= 15 is 0 Å². The monoisotopic (exact) mass is 369 g/mol. The first-order chi connectivity index (χ1) is 11.7. The van der Waals surface area contributed by atoms with E-state index in [9.17, 15) is 9.90 Å². The van der Waals surface area contributed by atoms with E-state index < -0.39 is 30.9 Å². The fourth-order valence-corrected chi connectivity index (χ4v) is 4.00. The van der Waals surface area contributed by atoms with Gasteiger partial charge in [-0.15, -0.1) is 13.2 Å². The molecule has 0 unspecified atom stereocenters. The van der Waals surface area contributed by atoms with E-state index in [2.05, 4.69) is 34.6 Å². The first-order valence-corrected chi connectivity index (χ1v) is 11.0. The van der Waals surface area contributed by atoms with Gasteiger partial charge in [-0.25, -0.2) is 4.98 Å². The highest BCUT2D eigenvalue weighted by atomic mass is 31.2. The molecule has 1 fully saturated rings. The Labute approximate surface area is 145 Å². The predicted octanol–water partition coefficient (Wildman–Crippen LogP) is 0.0744. The molecule has 0 bridgehead atoms. The molecule has 4 atom stereocenters. The van der Waals surface area contributed by atoms with Crippen LogP contribution in [0.2, 0.25) is 0 Å². The molecule has 3 rings (SSSR count). The van der Waals surface area contributed by atoms with E-state index in [1.165, 1.54) is 13.4 Å². The van der Waals surface area contributed by atoms with Crippen LogP contribution in [0.15, 0.2) is 11.1 Å². The summed E-state index contributed by atoms with van der Waals surface area (Å²) in [6.45, 7) is 3.05. The van der Waals surface area contributed by atoms with Crippen LogP contribution in [0.5, 0.6) is 0 Å². The van der Waals surface area contributed by atoms with Crippen LogP contribution in [0, 0.1) is 0 Å². The van der Waals surface area contributed by atoms with Gasteiger partial charge in [-0.3, -0.25) is 14.3 Å². The summed E-state index contributed by atoms with van der Waals surface area (Å²) < 4.78 is 13.1. The van der Waals surface area contributed by atoms with Crippen LogP contribution in [0.3, 0.4) is 0 Å². The molecule has 0 amide bonds. The Morgan fingerprint density at radius 3 is 2.92 bits per heavy atom. The van der Waals surface area contributed by atoms with Crippen LogP contribution in [0.1, 0.15) is 12.6 Å². The number of hydrogen-bond acceptors (Lipinski definition) is 7. The molecule has 10 heteroatoms. The van der Waals surface area contributed by atoms with Crippen LogP contribution in [-0.2, 0) is 9.47 Å². The molecule has 2 aromatic heterocycles. The van der Waals surface area contributed by atoms with Crippen LogP contribution < -0.4 is 11.3 Å². The number of aliphatic hydroxyl groups is 1. The second-order valence-corrected chi connectivity index (χ2v) is 11.3. The average molecular weight is 369 g/mol. The summed E-state index contributed by atoms with van der Waals surface area (Å²) in [5.41, 5.74) is 5.67. The summed E-state index contributed by atoms with van der Waals surface area (Å²) in [7, 11) is 1.51. The van der Waals surface area contributed by atoms with Crippen molar-refractivity contribution in [3.05, 3.63) is 16.7 Å². The number of H-pyrrole nitrogens is 1. The van der Waals surface area contributed by atoms with Gasteiger partial charge in [-0.2, -0.15) is 4.98 Å². The van der Waals surface area contributed by atoms with Crippen LogP contribution in [0.4, 0.5) is 5.95 Å². The zero-order valence-electron chi connectivity index (χ0n) is 14.5. The molecule has 0 aromatic carbocycles. The third kappa shape index (κ3) is 3.50. The van der Waals surface area contributed by atoms with Gasteiger partial charge in [0.25, 0.3) is 5.56 Å². The lowest BCUT2D eigenvalue weighted by Gasteiger charge is -2.19. The Bertz CT molecular complexity index is 872. The number of nitrogen functional groups attached to an aromatic ring is 1. The predicted molar refractivity (Wildman–Crippen MR) is 98.6 cm³/mol. The molecule has 1 saturated heterocycles. The highest BCUT2D eigenvalue weighted by Crippen LogP contribution is 2.40. The number of ether oxygens (including phenoxy) is 2. The molecule has 1 aliphatic heterocycles. The number of methoxy groups -OCH3 is 1. The van der Waals surface area contributed by atoms with Crippen LogP contribution >= 0.6 is 6.89 Å². The van der Waals surface area contributed by atoms with Gasteiger partial charge >= 0.3 is 0 Å². The average Bonchev–Trinajstić information content (AvgIpc) is 3.05. The SMILES string of the molecule is C=P(C)(C)CC[C@H]1O[C@@H](n2cnc3c(=O)[nH]c(N)nc32)[C@H](OC)[C@@H]1O. The second-order valence-electron chi connectivity index (χ2n) is 6.98. The molecule has 4 N–H and O–H groups in total. The largest absolute Gasteiger partial charge is 0.388 e. The van der Waals surface area contributed by atoms with Crippen molar-refractivity contribution in [3.8, 4) is 0 Å². The molecule has 138 valence electrons. The van der Waals surface area contributed by atoms with E-state index in [0.717, 1.165) is 6.16 Å². The van der Waals surface area contributed by atoms with Crippen molar-refractivity contribution < 1.29 is 14.6 Å². The Morgan fingerprint density at radius 2 is 2.28 bits per heavy atom. The van der Waals surface area contributed by atoms with Gasteiger partial charge < -0.3 is 20.3 Å². The van der Waals surface area contributed by atoms with Gasteiger partial charge in [0.2, 0.25) is 5.95 Å². The lowest BCUT2D eigenvalue weighted by Crippen LogP contribution is -2.33. The molecule has 3 heterocycles. The number of aliphatic hydroxyl groups excluding tert-OH is 1. The molecular weight excluding hydrogens is 345 g/mol. The van der Waals surface area contributed by atoms with Gasteiger partial charge in [0.15, 0.2) is 17.4 Å². The van der Waals surface area contributed by atoms with Crippen LogP contribution in [0.25, 0.3) is 11.2 Å². The number of hydrogen-bond donors (Lipinski definition) is 3. The lowest BCUT2D eigenvalue weighted by molar-refractivity contribution is -0.0496. The summed E-state index contributed by atoms with van der Waals surface area (Å²) in [4.78, 5) is 22.6. The Hall–Kier alpha value is -1.67. The molecular formula is C15H24N5O4P. The second kappa shape index (κ2) is 6.57. The molecule has 0 radical (unpaired) electrons. The summed E-state index contributed by atoms with van der Waals surface area (Å²) in [5.74, 6) is -0.00748. The molecule has 9 nitrogen and oxygen atoms in total. The first-order valence-electron chi connectivity index (χ1n) is 7.97. The van der Waals surface area contributed by atoms with Crippen molar-refractivity contribution in [2.24, 2.45) is 0 Å². The van der Waals surface area contributed by atoms with Crippen molar-refractivity contribution in [1.29, 1.82) is 0 Å². The molecule has 0 aliphatic carbocycles. The van der Waals surface area contributed by atoms with Crippen LogP contribution in [-0.4, -0.2) is 75.8 Å². The number of nitrogens with one attached hydrogen (secondary N) is 1. The van der Waals surface area contributed by atoms with Crippen molar-refractivity contribution in [2.45, 2.75) is 31.0 Å². The lowest BCUT2D eigenvalue weighted by atomic mass is 10.1. The zero-order chi connectivity index (χ0) is 18.4. The van der Waals surface area contributed by atoms with Gasteiger partial charge in [0.05, 0.1) is 12.4 Å². The zero-order valence-corrected chi connectivity index (χ0v) is 15.4. The van der Waals surface area contributed by atoms with E-state index in [4.69, 9.17) is 15.2 Å². The molecule has 0 spiro atoms. The third-order valence-electron chi connectivity index (χ3n) is 4.33. The number of fused-ring (bicyclic) bond motifs is 1. The van der Waals surface area contributed by atoms with E-state index in [0.29, 0.717) is 12.1 Å². The van der Waals surface area contributed by atoms with E-state index in [-0.39, 0.29) is 17.6 Å². The maximum Gasteiger partial charge on any atom is 0.280 e. The number of aromatic nitrogens is 4. The third-order valence-corrected chi connectivity index (χ3v) is 5.80. The minimum atomic E-state index is -1.23. The van der Waals surface area contributed by atoms with Gasteiger partial charge in [-0.05, 0) is 25.9 Å². The minimum absolute atomic E-state index is 0.00748. The molecule has 25 heavy (non-hydrogen) atoms. The molecule has 1 aliphatic rings. The fourth-order valence-electron chi connectivity index (χ4n) is 3.04. The van der Waals surface area contributed by atoms with Crippen molar-refractivity contribution in [1.82, 2.24) is 19.5 Å². The first kappa shape index (κ1) is 18.1. The molecule has 2 aromatic rings. The van der Waals surface area contributed by atoms with Gasteiger partial charge in [-0.1, -0.05) is 0 Å². The highest BCUT2D eigenvalue weighted by molar-refractivity contribution is 7.72. The Kier molecular flexibility index (Phi) is 4.76. The number of nitrogens with zero attached hydrogens (tertiary/aromatic N) is 3. The number of rotatable bonds is 5. The van der Waals surface area contributed by atoms with E-state index in [1.807, 2.05) is 0 Å². The summed E-state index contributed by atoms with van der Waals surface area (Å²) in [5, 5.41) is 10.6. The fraction of sp³-hybridized carbons (Fsp3) is 0.600. The summed E-state index contributed by atoms with van der Waals surface area (Å²) >= 11 is 0. The normalized spacial score (nSPS) is 27.2. The van der Waals surface area contributed by atoms with Gasteiger partial charge in [0.1, 0.15) is 12.2 Å². The number of imidazole rings is 1. The van der Waals surface area contributed by atoms with Crippen molar-refractivity contribution in [3.63, 3.8) is 0 Å². The smallest absolute Gasteiger partial charge is 0.280 e. The quantitative estimate of drug-likeness (QED) is 0.637. The maximum atomic E-state index is 11.9. The van der Waals surface area contributed by atoms with Gasteiger partial charge in [0, 0.05) is 7.11 Å². The Balaban J connectivity index is 1.94.